The molecule has 0 radical (unpaired) electrons. The van der Waals surface area contributed by atoms with Crippen molar-refractivity contribution < 1.29 is 9.16 Å². The van der Waals surface area contributed by atoms with E-state index < -0.39 is 20.2 Å². The van der Waals surface area contributed by atoms with Crippen LogP contribution in [0.2, 0.25) is 5.04 Å². The lowest BCUT2D eigenvalue weighted by Gasteiger charge is -2.43. The van der Waals surface area contributed by atoms with Gasteiger partial charge in [0.15, 0.2) is 0 Å². The Morgan fingerprint density at radius 1 is 0.973 bits per heavy atom. The van der Waals surface area contributed by atoms with Crippen LogP contribution >= 0.6 is 11.3 Å². The standard InChI is InChI=1S/C29H32N2O4SSi/c1-29(2,3)37(22-11-6-4-7-12-22,23-13-8-5-9-14-23)34-20-21-16-17-26(35-21)31-19-24(25-15-10-18-36-25)27(32)30-28(31)33/h4-15,18-19,21,26H,16-17,20H2,1-3H3,(H,30,32,33)/t21-,26+/m0/s1. The summed E-state index contributed by atoms with van der Waals surface area (Å²) in [6.45, 7) is 7.19. The molecule has 0 amide bonds. The Morgan fingerprint density at radius 2 is 1.62 bits per heavy atom. The minimum absolute atomic E-state index is 0.126. The van der Waals surface area contributed by atoms with Gasteiger partial charge in [0.2, 0.25) is 0 Å². The van der Waals surface area contributed by atoms with E-state index >= 15 is 0 Å². The second kappa shape index (κ2) is 10.4. The van der Waals surface area contributed by atoms with Gasteiger partial charge in [0, 0.05) is 11.1 Å². The Morgan fingerprint density at radius 3 is 2.19 bits per heavy atom. The highest BCUT2D eigenvalue weighted by Crippen LogP contribution is 2.38. The van der Waals surface area contributed by atoms with Crippen molar-refractivity contribution in [1.82, 2.24) is 9.55 Å². The molecule has 0 unspecified atom stereocenters. The van der Waals surface area contributed by atoms with Crippen LogP contribution in [0.1, 0.15) is 39.8 Å². The molecule has 2 atom stereocenters. The molecular formula is C29H32N2O4SSi. The fraction of sp³-hybridized carbons (Fsp3) is 0.310. The Hall–Kier alpha value is -3.04. The van der Waals surface area contributed by atoms with E-state index in [2.05, 4.69) is 74.3 Å². The van der Waals surface area contributed by atoms with Crippen molar-refractivity contribution in [3.8, 4) is 10.4 Å². The second-order valence-electron chi connectivity index (χ2n) is 10.5. The van der Waals surface area contributed by atoms with Crippen LogP contribution in [0, 0.1) is 0 Å². The Labute approximate surface area is 221 Å². The number of hydrogen-bond acceptors (Lipinski definition) is 5. The lowest BCUT2D eigenvalue weighted by molar-refractivity contribution is -0.0215. The summed E-state index contributed by atoms with van der Waals surface area (Å²) >= 11 is 1.47. The molecule has 1 aliphatic rings. The number of thiophene rings is 1. The molecule has 1 N–H and O–H groups in total. The molecule has 1 saturated heterocycles. The highest BCUT2D eigenvalue weighted by Gasteiger charge is 2.50. The van der Waals surface area contributed by atoms with Gasteiger partial charge in [0.25, 0.3) is 13.9 Å². The van der Waals surface area contributed by atoms with Crippen LogP contribution in [0.3, 0.4) is 0 Å². The molecule has 6 nitrogen and oxygen atoms in total. The molecular weight excluding hydrogens is 500 g/mol. The third-order valence-corrected chi connectivity index (χ3v) is 13.0. The van der Waals surface area contributed by atoms with Gasteiger partial charge in [-0.3, -0.25) is 14.3 Å². The monoisotopic (exact) mass is 532 g/mol. The molecule has 192 valence electrons. The van der Waals surface area contributed by atoms with Crippen molar-refractivity contribution in [1.29, 1.82) is 0 Å². The third kappa shape index (κ3) is 4.94. The Balaban J connectivity index is 1.42. The van der Waals surface area contributed by atoms with Gasteiger partial charge >= 0.3 is 5.69 Å². The first-order chi connectivity index (χ1) is 17.8. The summed E-state index contributed by atoms with van der Waals surface area (Å²) in [7, 11) is -2.68. The third-order valence-electron chi connectivity index (χ3n) is 7.05. The number of nitrogens with zero attached hydrogens (tertiary/aromatic N) is 1. The minimum Gasteiger partial charge on any atom is -0.405 e. The van der Waals surface area contributed by atoms with Gasteiger partial charge in [-0.05, 0) is 39.7 Å². The van der Waals surface area contributed by atoms with Gasteiger partial charge in [-0.15, -0.1) is 11.3 Å². The zero-order valence-corrected chi connectivity index (χ0v) is 23.2. The molecule has 2 aromatic carbocycles. The van der Waals surface area contributed by atoms with Gasteiger partial charge in [-0.1, -0.05) is 87.5 Å². The summed E-state index contributed by atoms with van der Waals surface area (Å²) in [5.41, 5.74) is -0.359. The Bertz CT molecular complexity index is 1400. The number of nitrogens with one attached hydrogen (secondary N) is 1. The van der Waals surface area contributed by atoms with Gasteiger partial charge < -0.3 is 9.16 Å². The van der Waals surface area contributed by atoms with E-state index in [0.717, 1.165) is 11.3 Å². The first kappa shape index (κ1) is 25.6. The SMILES string of the molecule is CC(C)(C)[Si](OC[C@@H]1CC[C@H](n2cc(-c3cccs3)c(=O)[nH]c2=O)O1)(c1ccccc1)c1ccccc1. The van der Waals surface area contributed by atoms with Gasteiger partial charge in [0.05, 0.1) is 18.3 Å². The van der Waals surface area contributed by atoms with Crippen LogP contribution < -0.4 is 21.6 Å². The fourth-order valence-electron chi connectivity index (χ4n) is 5.30. The van der Waals surface area contributed by atoms with E-state index in [9.17, 15) is 9.59 Å². The first-order valence-electron chi connectivity index (χ1n) is 12.6. The van der Waals surface area contributed by atoms with Crippen LogP contribution in [0.25, 0.3) is 10.4 Å². The summed E-state index contributed by atoms with van der Waals surface area (Å²) in [5.74, 6) is 0. The highest BCUT2D eigenvalue weighted by molar-refractivity contribution is 7.13. The fourth-order valence-corrected chi connectivity index (χ4v) is 10.6. The van der Waals surface area contributed by atoms with Gasteiger partial charge in [0.1, 0.15) is 6.23 Å². The number of benzene rings is 2. The van der Waals surface area contributed by atoms with Crippen molar-refractivity contribution >= 4 is 30.0 Å². The van der Waals surface area contributed by atoms with E-state index in [-0.39, 0.29) is 16.7 Å². The molecule has 3 heterocycles. The van der Waals surface area contributed by atoms with E-state index in [0.29, 0.717) is 18.6 Å². The summed E-state index contributed by atoms with van der Waals surface area (Å²) in [5, 5.41) is 4.23. The van der Waals surface area contributed by atoms with Gasteiger partial charge in [-0.25, -0.2) is 4.79 Å². The normalized spacial score (nSPS) is 18.2. The highest BCUT2D eigenvalue weighted by atomic mass is 32.1. The maximum absolute atomic E-state index is 12.7. The van der Waals surface area contributed by atoms with Crippen molar-refractivity contribution in [3.63, 3.8) is 0 Å². The summed E-state index contributed by atoms with van der Waals surface area (Å²) in [4.78, 5) is 28.4. The number of rotatable bonds is 7. The molecule has 4 aromatic rings. The second-order valence-corrected chi connectivity index (χ2v) is 15.7. The molecule has 37 heavy (non-hydrogen) atoms. The van der Waals surface area contributed by atoms with Crippen molar-refractivity contribution in [2.75, 3.05) is 6.61 Å². The number of H-pyrrole nitrogens is 1. The quantitative estimate of drug-likeness (QED) is 0.355. The molecule has 1 fully saturated rings. The smallest absolute Gasteiger partial charge is 0.330 e. The molecule has 0 aliphatic carbocycles. The van der Waals surface area contributed by atoms with Crippen LogP contribution in [0.15, 0.2) is 94.0 Å². The molecule has 8 heteroatoms. The van der Waals surface area contributed by atoms with Crippen LogP contribution in [0.5, 0.6) is 0 Å². The predicted molar refractivity (Wildman–Crippen MR) is 151 cm³/mol. The largest absolute Gasteiger partial charge is 0.405 e. The van der Waals surface area contributed by atoms with Crippen LogP contribution in [0.4, 0.5) is 0 Å². The van der Waals surface area contributed by atoms with E-state index in [1.165, 1.54) is 26.3 Å². The van der Waals surface area contributed by atoms with Crippen LogP contribution in [-0.4, -0.2) is 30.6 Å². The first-order valence-corrected chi connectivity index (χ1v) is 15.4. The lowest BCUT2D eigenvalue weighted by Crippen LogP contribution is -2.67. The minimum atomic E-state index is -2.68. The number of aromatic amines is 1. The zero-order chi connectivity index (χ0) is 26.0. The summed E-state index contributed by atoms with van der Waals surface area (Å²) < 4.78 is 14.9. The van der Waals surface area contributed by atoms with Crippen molar-refractivity contribution in [2.45, 2.75) is 51.0 Å². The van der Waals surface area contributed by atoms with Crippen molar-refractivity contribution in [2.24, 2.45) is 0 Å². The number of ether oxygens (including phenoxy) is 1. The number of hydrogen-bond donors (Lipinski definition) is 1. The van der Waals surface area contributed by atoms with Crippen molar-refractivity contribution in [3.05, 3.63) is 105 Å². The van der Waals surface area contributed by atoms with E-state index in [1.54, 1.807) is 6.20 Å². The number of aromatic nitrogens is 2. The maximum atomic E-state index is 12.7. The predicted octanol–water partition coefficient (Wildman–Crippen LogP) is 4.52. The molecule has 0 spiro atoms. The maximum Gasteiger partial charge on any atom is 0.330 e. The van der Waals surface area contributed by atoms with Gasteiger partial charge in [-0.2, -0.15) is 0 Å². The molecule has 1 aliphatic heterocycles. The topological polar surface area (TPSA) is 73.3 Å². The van der Waals surface area contributed by atoms with E-state index in [1.807, 2.05) is 29.6 Å². The summed E-state index contributed by atoms with van der Waals surface area (Å²) in [6.07, 6.45) is 2.46. The average Bonchev–Trinajstić information content (AvgIpc) is 3.58. The van der Waals surface area contributed by atoms with E-state index in [4.69, 9.17) is 9.16 Å². The Kier molecular flexibility index (Phi) is 7.18. The average molecular weight is 533 g/mol. The molecule has 0 saturated carbocycles. The molecule has 5 rings (SSSR count). The molecule has 2 aromatic heterocycles. The molecule has 0 bridgehead atoms. The van der Waals surface area contributed by atoms with Crippen LogP contribution in [-0.2, 0) is 9.16 Å². The zero-order valence-electron chi connectivity index (χ0n) is 21.3. The summed E-state index contributed by atoms with van der Waals surface area (Å²) in [6, 6.07) is 24.8. The lowest BCUT2D eigenvalue weighted by atomic mass is 10.2.